The molecule has 0 radical (unpaired) electrons. The number of rotatable bonds is 6. The summed E-state index contributed by atoms with van der Waals surface area (Å²) in [6, 6.07) is 17.6. The quantitative estimate of drug-likeness (QED) is 0.664. The Labute approximate surface area is 158 Å². The lowest BCUT2D eigenvalue weighted by Crippen LogP contribution is -2.23. The number of amides is 1. The first kappa shape index (κ1) is 18.5. The maximum atomic E-state index is 12.1. The van der Waals surface area contributed by atoms with Crippen molar-refractivity contribution >= 4 is 28.6 Å². The fraction of sp³-hybridized carbons (Fsp3) is 0.182. The molecule has 0 bridgehead atoms. The molecule has 0 saturated carbocycles. The van der Waals surface area contributed by atoms with Gasteiger partial charge in [0.25, 0.3) is 5.56 Å². The van der Waals surface area contributed by atoms with E-state index >= 15 is 0 Å². The van der Waals surface area contributed by atoms with Crippen molar-refractivity contribution in [2.45, 2.75) is 6.42 Å². The van der Waals surface area contributed by atoms with Crippen LogP contribution in [0.4, 0.5) is 5.69 Å². The molecule has 27 heavy (non-hydrogen) atoms. The third-order valence-corrected chi connectivity index (χ3v) is 4.36. The molecule has 3 aromatic rings. The Kier molecular flexibility index (Phi) is 5.71. The van der Waals surface area contributed by atoms with Gasteiger partial charge in [0.05, 0.1) is 0 Å². The van der Waals surface area contributed by atoms with Crippen molar-refractivity contribution in [2.24, 2.45) is 0 Å². The molecule has 5 nitrogen and oxygen atoms in total. The highest BCUT2D eigenvalue weighted by Gasteiger charge is 2.02. The van der Waals surface area contributed by atoms with E-state index in [0.29, 0.717) is 12.1 Å². The number of aromatic nitrogens is 1. The molecule has 0 aliphatic carbocycles. The maximum Gasteiger partial charge on any atom is 0.255 e. The second-order valence-corrected chi connectivity index (χ2v) is 6.58. The number of para-hydroxylation sites is 1. The van der Waals surface area contributed by atoms with E-state index in [0.717, 1.165) is 28.6 Å². The number of carbonyl (C=O) groups is 1. The fourth-order valence-electron chi connectivity index (χ4n) is 2.80. The summed E-state index contributed by atoms with van der Waals surface area (Å²) in [6.45, 7) is 0.540. The monoisotopic (exact) mass is 361 g/mol. The Balaban J connectivity index is 1.56. The standard InChI is InChI=1S/C22H23N3O2/c1-25(2)19-10-7-16(8-11-19)13-14-23-21(26)12-9-18-15-17-5-3-4-6-20(17)24-22(18)27/h3-12,15H,13-14H2,1-2H3,(H,23,26)(H,24,27)/b12-9+. The van der Waals surface area contributed by atoms with Gasteiger partial charge in [-0.2, -0.15) is 0 Å². The number of anilines is 1. The molecule has 1 aromatic heterocycles. The predicted octanol–water partition coefficient (Wildman–Crippen LogP) is 2.97. The normalized spacial score (nSPS) is 11.0. The lowest BCUT2D eigenvalue weighted by Gasteiger charge is -2.12. The molecule has 1 heterocycles. The highest BCUT2D eigenvalue weighted by atomic mass is 16.1. The molecule has 5 heteroatoms. The highest BCUT2D eigenvalue weighted by molar-refractivity contribution is 5.92. The van der Waals surface area contributed by atoms with Gasteiger partial charge in [0.1, 0.15) is 0 Å². The Morgan fingerprint density at radius 1 is 1.11 bits per heavy atom. The fourth-order valence-corrected chi connectivity index (χ4v) is 2.80. The zero-order valence-electron chi connectivity index (χ0n) is 15.5. The zero-order valence-corrected chi connectivity index (χ0v) is 15.5. The summed E-state index contributed by atoms with van der Waals surface area (Å²) >= 11 is 0. The van der Waals surface area contributed by atoms with Crippen molar-refractivity contribution in [2.75, 3.05) is 25.5 Å². The van der Waals surface area contributed by atoms with E-state index in [9.17, 15) is 9.59 Å². The number of benzene rings is 2. The topological polar surface area (TPSA) is 65.2 Å². The molecule has 1 amide bonds. The number of aromatic amines is 1. The molecule has 0 atom stereocenters. The number of hydrogen-bond donors (Lipinski definition) is 2. The highest BCUT2D eigenvalue weighted by Crippen LogP contribution is 2.12. The maximum absolute atomic E-state index is 12.1. The number of nitrogens with zero attached hydrogens (tertiary/aromatic N) is 1. The Morgan fingerprint density at radius 2 is 1.85 bits per heavy atom. The molecular formula is C22H23N3O2. The molecule has 2 aromatic carbocycles. The van der Waals surface area contributed by atoms with Gasteiger partial charge >= 0.3 is 0 Å². The first-order chi connectivity index (χ1) is 13.0. The summed E-state index contributed by atoms with van der Waals surface area (Å²) in [6.07, 6.45) is 3.70. The van der Waals surface area contributed by atoms with Crippen LogP contribution in [0.5, 0.6) is 0 Å². The number of pyridine rings is 1. The van der Waals surface area contributed by atoms with Crippen LogP contribution in [0.15, 0.2) is 65.5 Å². The Hall–Kier alpha value is -3.34. The molecule has 0 aliphatic heterocycles. The van der Waals surface area contributed by atoms with Crippen molar-refractivity contribution in [1.82, 2.24) is 10.3 Å². The van der Waals surface area contributed by atoms with Crippen LogP contribution in [-0.2, 0) is 11.2 Å². The van der Waals surface area contributed by atoms with Crippen LogP contribution in [0, 0.1) is 0 Å². The van der Waals surface area contributed by atoms with Crippen molar-refractivity contribution in [3.63, 3.8) is 0 Å². The lowest BCUT2D eigenvalue weighted by molar-refractivity contribution is -0.116. The smallest absolute Gasteiger partial charge is 0.255 e. The van der Waals surface area contributed by atoms with Gasteiger partial charge in [-0.1, -0.05) is 30.3 Å². The van der Waals surface area contributed by atoms with Crippen molar-refractivity contribution in [3.05, 3.63) is 82.2 Å². The van der Waals surface area contributed by atoms with Gasteiger partial charge in [-0.15, -0.1) is 0 Å². The lowest BCUT2D eigenvalue weighted by atomic mass is 10.1. The average molecular weight is 361 g/mol. The molecule has 2 N–H and O–H groups in total. The minimum Gasteiger partial charge on any atom is -0.378 e. The molecule has 0 spiro atoms. The summed E-state index contributed by atoms with van der Waals surface area (Å²) in [7, 11) is 4.00. The number of fused-ring (bicyclic) bond motifs is 1. The van der Waals surface area contributed by atoms with E-state index in [2.05, 4.69) is 34.6 Å². The summed E-state index contributed by atoms with van der Waals surface area (Å²) < 4.78 is 0. The van der Waals surface area contributed by atoms with Gasteiger partial charge < -0.3 is 15.2 Å². The van der Waals surface area contributed by atoms with Crippen LogP contribution in [0.1, 0.15) is 11.1 Å². The van der Waals surface area contributed by atoms with Gasteiger partial charge in [0, 0.05) is 43.5 Å². The Morgan fingerprint density at radius 3 is 2.59 bits per heavy atom. The van der Waals surface area contributed by atoms with E-state index in [4.69, 9.17) is 0 Å². The summed E-state index contributed by atoms with van der Waals surface area (Å²) in [5.74, 6) is -0.215. The third kappa shape index (κ3) is 4.85. The van der Waals surface area contributed by atoms with Crippen molar-refractivity contribution in [1.29, 1.82) is 0 Å². The Bertz CT molecular complexity index is 1020. The molecule has 138 valence electrons. The SMILES string of the molecule is CN(C)c1ccc(CCNC(=O)/C=C/c2cc3ccccc3[nH]c2=O)cc1. The largest absolute Gasteiger partial charge is 0.378 e. The van der Waals surface area contributed by atoms with Crippen LogP contribution in [-0.4, -0.2) is 31.5 Å². The van der Waals surface area contributed by atoms with E-state index in [1.807, 2.05) is 43.3 Å². The number of carbonyl (C=O) groups excluding carboxylic acids is 1. The van der Waals surface area contributed by atoms with Gasteiger partial charge in [0.2, 0.25) is 5.91 Å². The second kappa shape index (κ2) is 8.36. The number of hydrogen-bond acceptors (Lipinski definition) is 3. The van der Waals surface area contributed by atoms with Crippen LogP contribution in [0.25, 0.3) is 17.0 Å². The average Bonchev–Trinajstić information content (AvgIpc) is 2.66. The minimum atomic E-state index is -0.215. The second-order valence-electron chi connectivity index (χ2n) is 6.58. The van der Waals surface area contributed by atoms with Crippen molar-refractivity contribution < 1.29 is 4.79 Å². The summed E-state index contributed by atoms with van der Waals surface area (Å²) in [5, 5.41) is 3.78. The molecule has 0 fully saturated rings. The first-order valence-electron chi connectivity index (χ1n) is 8.87. The van der Waals surface area contributed by atoms with Crippen LogP contribution < -0.4 is 15.8 Å². The first-order valence-corrected chi connectivity index (χ1v) is 8.87. The predicted molar refractivity (Wildman–Crippen MR) is 111 cm³/mol. The minimum absolute atomic E-state index is 0.210. The molecule has 0 aliphatic rings. The van der Waals surface area contributed by atoms with Gasteiger partial charge in [-0.25, -0.2) is 0 Å². The number of H-pyrrole nitrogens is 1. The third-order valence-electron chi connectivity index (χ3n) is 4.36. The van der Waals surface area contributed by atoms with E-state index < -0.39 is 0 Å². The molecule has 3 rings (SSSR count). The van der Waals surface area contributed by atoms with Gasteiger partial charge in [-0.05, 0) is 47.7 Å². The van der Waals surface area contributed by atoms with Gasteiger partial charge in [0.15, 0.2) is 0 Å². The number of nitrogens with one attached hydrogen (secondary N) is 2. The van der Waals surface area contributed by atoms with Gasteiger partial charge in [-0.3, -0.25) is 9.59 Å². The zero-order chi connectivity index (χ0) is 19.2. The van der Waals surface area contributed by atoms with Crippen LogP contribution in [0.2, 0.25) is 0 Å². The van der Waals surface area contributed by atoms with E-state index in [1.165, 1.54) is 6.08 Å². The molecule has 0 saturated heterocycles. The molecular weight excluding hydrogens is 338 g/mol. The van der Waals surface area contributed by atoms with Crippen molar-refractivity contribution in [3.8, 4) is 0 Å². The van der Waals surface area contributed by atoms with Crippen LogP contribution in [0.3, 0.4) is 0 Å². The summed E-state index contributed by atoms with van der Waals surface area (Å²) in [5.41, 5.74) is 3.34. The van der Waals surface area contributed by atoms with Crippen LogP contribution >= 0.6 is 0 Å². The van der Waals surface area contributed by atoms with E-state index in [-0.39, 0.29) is 11.5 Å². The molecule has 0 unspecified atom stereocenters. The summed E-state index contributed by atoms with van der Waals surface area (Å²) in [4.78, 5) is 28.9. The van der Waals surface area contributed by atoms with E-state index in [1.54, 1.807) is 12.1 Å².